The summed E-state index contributed by atoms with van der Waals surface area (Å²) in [5.41, 5.74) is 2.86. The third kappa shape index (κ3) is 2.85. The van der Waals surface area contributed by atoms with E-state index in [4.69, 9.17) is 11.6 Å². The molecule has 0 saturated heterocycles. The Morgan fingerprint density at radius 3 is 2.64 bits per heavy atom. The van der Waals surface area contributed by atoms with E-state index < -0.39 is 11.4 Å². The molecule has 0 spiro atoms. The normalized spacial score (nSPS) is 20.5. The van der Waals surface area contributed by atoms with Crippen molar-refractivity contribution in [1.82, 2.24) is 0 Å². The average molecular weight is 352 g/mol. The van der Waals surface area contributed by atoms with E-state index in [9.17, 15) is 4.55 Å². The van der Waals surface area contributed by atoms with Crippen molar-refractivity contribution in [3.8, 4) is 0 Å². The number of hydrogen-bond donors (Lipinski definition) is 0. The minimum Gasteiger partial charge on any atom is -0.588 e. The van der Waals surface area contributed by atoms with Crippen molar-refractivity contribution < 1.29 is 4.55 Å². The third-order valence-corrected chi connectivity index (χ3v) is 6.51. The summed E-state index contributed by atoms with van der Waals surface area (Å²) in [5.74, 6) is 0. The van der Waals surface area contributed by atoms with Gasteiger partial charge in [-0.15, -0.1) is 23.4 Å². The molecule has 2 aromatic rings. The summed E-state index contributed by atoms with van der Waals surface area (Å²) in [5, 5.41) is 0.206. The first kappa shape index (κ1) is 16.1. The summed E-state index contributed by atoms with van der Waals surface area (Å²) in [4.78, 5) is 1.94. The van der Waals surface area contributed by atoms with E-state index in [2.05, 4.69) is 19.9 Å². The van der Waals surface area contributed by atoms with E-state index in [-0.39, 0.29) is 5.38 Å². The number of para-hydroxylation sites is 1. The minimum atomic E-state index is -1.25. The number of hydrogen-bond acceptors (Lipinski definition) is 3. The van der Waals surface area contributed by atoms with Gasteiger partial charge in [-0.25, -0.2) is 0 Å². The minimum absolute atomic E-state index is 0.279. The quantitative estimate of drug-likeness (QED) is 0.433. The van der Waals surface area contributed by atoms with Gasteiger partial charge in [0.2, 0.25) is 0 Å². The molecule has 2 aromatic carbocycles. The number of nitrogens with zero attached hydrogens (tertiary/aromatic N) is 1. The van der Waals surface area contributed by atoms with Crippen LogP contribution in [0.1, 0.15) is 30.4 Å². The number of benzene rings is 2. The van der Waals surface area contributed by atoms with E-state index in [0.717, 1.165) is 26.6 Å². The lowest BCUT2D eigenvalue weighted by atomic mass is 10.0. The van der Waals surface area contributed by atoms with Crippen molar-refractivity contribution in [2.75, 3.05) is 11.4 Å². The predicted octanol–water partition coefficient (Wildman–Crippen LogP) is 4.99. The number of thioether (sulfide) groups is 1. The summed E-state index contributed by atoms with van der Waals surface area (Å²) in [6.45, 7) is 4.30. The van der Waals surface area contributed by atoms with Gasteiger partial charge >= 0.3 is 0 Å². The molecule has 22 heavy (non-hydrogen) atoms. The standard InChI is InChI=1S/C17H18ClNOS2/c1-11(2)21-12-8-9-14-16(10-12)22(20)19(3)15-7-5-4-6-13(15)17(14)18/h4-11,17H,1-3H3. The fourth-order valence-electron chi connectivity index (χ4n) is 2.61. The van der Waals surface area contributed by atoms with Crippen molar-refractivity contribution in [2.24, 2.45) is 0 Å². The molecule has 1 heterocycles. The molecule has 1 aliphatic rings. The molecular weight excluding hydrogens is 334 g/mol. The van der Waals surface area contributed by atoms with E-state index >= 15 is 0 Å². The fraction of sp³-hybridized carbons (Fsp3) is 0.294. The van der Waals surface area contributed by atoms with Crippen LogP contribution in [0.4, 0.5) is 5.69 Å². The van der Waals surface area contributed by atoms with Crippen LogP contribution in [0.15, 0.2) is 52.3 Å². The van der Waals surface area contributed by atoms with Gasteiger partial charge in [0.1, 0.15) is 11.4 Å². The Labute approximate surface area is 144 Å². The Morgan fingerprint density at radius 1 is 1.18 bits per heavy atom. The van der Waals surface area contributed by atoms with Crippen LogP contribution in [0.2, 0.25) is 0 Å². The van der Waals surface area contributed by atoms with Gasteiger partial charge in [-0.05, 0) is 12.1 Å². The van der Waals surface area contributed by atoms with Gasteiger partial charge in [-0.2, -0.15) is 4.31 Å². The largest absolute Gasteiger partial charge is 0.588 e. The summed E-state index contributed by atoms with van der Waals surface area (Å²) < 4.78 is 14.8. The Bertz CT molecular complexity index is 692. The smallest absolute Gasteiger partial charge is 0.186 e. The molecule has 5 heteroatoms. The van der Waals surface area contributed by atoms with Gasteiger partial charge < -0.3 is 4.55 Å². The number of anilines is 1. The molecule has 2 unspecified atom stereocenters. The van der Waals surface area contributed by atoms with Crippen LogP contribution >= 0.6 is 23.4 Å². The second-order valence-corrected chi connectivity index (χ2v) is 9.11. The summed E-state index contributed by atoms with van der Waals surface area (Å²) in [6.07, 6.45) is 0. The zero-order valence-electron chi connectivity index (χ0n) is 12.7. The second kappa shape index (κ2) is 6.36. The SMILES string of the molecule is CC(C)Sc1ccc2c(c1)[S+]([O-])N(C)c1ccccc1C2Cl. The number of rotatable bonds is 2. The van der Waals surface area contributed by atoms with Crippen molar-refractivity contribution in [1.29, 1.82) is 0 Å². The maximum Gasteiger partial charge on any atom is 0.186 e. The zero-order chi connectivity index (χ0) is 15.9. The molecule has 0 aromatic heterocycles. The Morgan fingerprint density at radius 2 is 1.91 bits per heavy atom. The molecular formula is C17H18ClNOS2. The molecule has 0 aliphatic carbocycles. The molecule has 1 aliphatic heterocycles. The summed E-state index contributed by atoms with van der Waals surface area (Å²) in [7, 11) is 1.86. The summed E-state index contributed by atoms with van der Waals surface area (Å²) >= 11 is 7.22. The molecule has 0 radical (unpaired) electrons. The molecule has 0 saturated carbocycles. The molecule has 0 N–H and O–H groups in total. The molecule has 2 atom stereocenters. The van der Waals surface area contributed by atoms with Crippen LogP contribution in [0.3, 0.4) is 0 Å². The Hall–Kier alpha value is -0.810. The van der Waals surface area contributed by atoms with Crippen molar-refractivity contribution in [3.63, 3.8) is 0 Å². The second-order valence-electron chi connectivity index (χ2n) is 5.53. The van der Waals surface area contributed by atoms with E-state index in [1.807, 2.05) is 43.4 Å². The first-order valence-electron chi connectivity index (χ1n) is 7.18. The molecule has 3 rings (SSSR count). The molecule has 116 valence electrons. The van der Waals surface area contributed by atoms with E-state index in [1.54, 1.807) is 16.1 Å². The molecule has 0 bridgehead atoms. The van der Waals surface area contributed by atoms with Gasteiger partial charge in [-0.3, -0.25) is 0 Å². The first-order chi connectivity index (χ1) is 10.5. The predicted molar refractivity (Wildman–Crippen MR) is 96.4 cm³/mol. The van der Waals surface area contributed by atoms with Crippen LogP contribution in [-0.2, 0) is 11.4 Å². The van der Waals surface area contributed by atoms with E-state index in [1.165, 1.54) is 0 Å². The van der Waals surface area contributed by atoms with Gasteiger partial charge in [-0.1, -0.05) is 38.1 Å². The highest BCUT2D eigenvalue weighted by molar-refractivity contribution is 8.00. The Balaban J connectivity index is 2.13. The molecule has 2 nitrogen and oxygen atoms in total. The van der Waals surface area contributed by atoms with Gasteiger partial charge in [0, 0.05) is 27.3 Å². The summed E-state index contributed by atoms with van der Waals surface area (Å²) in [6, 6.07) is 14.0. The topological polar surface area (TPSA) is 26.3 Å². The maximum absolute atomic E-state index is 13.0. The van der Waals surface area contributed by atoms with Crippen LogP contribution in [-0.4, -0.2) is 16.9 Å². The molecule has 0 fully saturated rings. The lowest BCUT2D eigenvalue weighted by Gasteiger charge is -2.21. The number of fused-ring (bicyclic) bond motifs is 2. The van der Waals surface area contributed by atoms with Crippen LogP contribution in [0.5, 0.6) is 0 Å². The van der Waals surface area contributed by atoms with Gasteiger partial charge in [0.25, 0.3) is 0 Å². The Kier molecular flexibility index (Phi) is 4.64. The van der Waals surface area contributed by atoms with Crippen LogP contribution < -0.4 is 4.31 Å². The molecule has 0 amide bonds. The fourth-order valence-corrected chi connectivity index (χ4v) is 5.26. The lowest BCUT2D eigenvalue weighted by Crippen LogP contribution is -2.26. The highest BCUT2D eigenvalue weighted by Gasteiger charge is 2.33. The highest BCUT2D eigenvalue weighted by atomic mass is 35.5. The van der Waals surface area contributed by atoms with E-state index in [0.29, 0.717) is 5.25 Å². The van der Waals surface area contributed by atoms with Crippen LogP contribution in [0.25, 0.3) is 0 Å². The third-order valence-electron chi connectivity index (χ3n) is 3.62. The lowest BCUT2D eigenvalue weighted by molar-refractivity contribution is 0.593. The van der Waals surface area contributed by atoms with Crippen LogP contribution in [0, 0.1) is 0 Å². The first-order valence-corrected chi connectivity index (χ1v) is 9.60. The number of alkyl halides is 1. The monoisotopic (exact) mass is 351 g/mol. The van der Waals surface area contributed by atoms with Crippen molar-refractivity contribution >= 4 is 40.4 Å². The highest BCUT2D eigenvalue weighted by Crippen LogP contribution is 2.44. The maximum atomic E-state index is 13.0. The zero-order valence-corrected chi connectivity index (χ0v) is 15.1. The van der Waals surface area contributed by atoms with Crippen molar-refractivity contribution in [3.05, 3.63) is 53.6 Å². The van der Waals surface area contributed by atoms with Crippen molar-refractivity contribution in [2.45, 2.75) is 34.3 Å². The number of halogens is 1. The van der Waals surface area contributed by atoms with Gasteiger partial charge in [0.15, 0.2) is 4.90 Å². The average Bonchev–Trinajstić information content (AvgIpc) is 2.58. The van der Waals surface area contributed by atoms with Gasteiger partial charge in [0.05, 0.1) is 18.1 Å².